The average molecular weight is 378 g/mol. The molecular formula is C11H3Cl6NO. The predicted molar refractivity (Wildman–Crippen MR) is 81.4 cm³/mol. The molecule has 1 aromatic carbocycles. The van der Waals surface area contributed by atoms with Crippen LogP contribution in [0.1, 0.15) is 0 Å². The lowest BCUT2D eigenvalue weighted by atomic mass is 10.1. The number of rotatable bonds is 1. The summed E-state index contributed by atoms with van der Waals surface area (Å²) >= 11 is 35.8. The van der Waals surface area contributed by atoms with Crippen LogP contribution in [0.3, 0.4) is 0 Å². The third-order valence-electron chi connectivity index (χ3n) is 2.33. The van der Waals surface area contributed by atoms with Crippen LogP contribution in [0.25, 0.3) is 11.1 Å². The topological polar surface area (TPSA) is 33.1 Å². The maximum Gasteiger partial charge on any atom is 0.141 e. The molecule has 2 rings (SSSR count). The van der Waals surface area contributed by atoms with Gasteiger partial charge in [-0.1, -0.05) is 69.6 Å². The zero-order valence-electron chi connectivity index (χ0n) is 8.82. The highest BCUT2D eigenvalue weighted by Gasteiger charge is 2.22. The van der Waals surface area contributed by atoms with E-state index < -0.39 is 0 Å². The van der Waals surface area contributed by atoms with Gasteiger partial charge in [-0.15, -0.1) is 0 Å². The Hall–Kier alpha value is -0.0900. The molecule has 0 aliphatic carbocycles. The number of halogens is 6. The monoisotopic (exact) mass is 375 g/mol. The molecular weight excluding hydrogens is 375 g/mol. The molecule has 1 aromatic heterocycles. The molecule has 0 atom stereocenters. The number of hydrogen-bond acceptors (Lipinski definition) is 2. The minimum absolute atomic E-state index is 0.0417. The molecule has 0 amide bonds. The van der Waals surface area contributed by atoms with E-state index in [9.17, 15) is 5.11 Å². The molecule has 0 aliphatic heterocycles. The third-order valence-corrected chi connectivity index (χ3v) is 4.81. The Morgan fingerprint density at radius 1 is 0.789 bits per heavy atom. The Labute approximate surface area is 138 Å². The van der Waals surface area contributed by atoms with E-state index in [0.29, 0.717) is 0 Å². The van der Waals surface area contributed by atoms with E-state index in [0.717, 1.165) is 0 Å². The summed E-state index contributed by atoms with van der Waals surface area (Å²) in [6.45, 7) is 0. The summed E-state index contributed by atoms with van der Waals surface area (Å²) in [4.78, 5) is 3.72. The number of aromatic nitrogens is 1. The number of aromatic hydroxyl groups is 1. The molecule has 2 nitrogen and oxygen atoms in total. The smallest absolute Gasteiger partial charge is 0.141 e. The maximum absolute atomic E-state index is 9.83. The molecule has 8 heteroatoms. The second kappa shape index (κ2) is 5.72. The van der Waals surface area contributed by atoms with Gasteiger partial charge in [0.2, 0.25) is 0 Å². The zero-order chi connectivity index (χ0) is 14.3. The first-order chi connectivity index (χ1) is 8.84. The van der Waals surface area contributed by atoms with Gasteiger partial charge in [0.15, 0.2) is 0 Å². The quantitative estimate of drug-likeness (QED) is 0.355. The van der Waals surface area contributed by atoms with Crippen molar-refractivity contribution in [3.8, 4) is 16.9 Å². The van der Waals surface area contributed by atoms with Crippen LogP contribution in [0.2, 0.25) is 30.3 Å². The summed E-state index contributed by atoms with van der Waals surface area (Å²) in [7, 11) is 0. The lowest BCUT2D eigenvalue weighted by Crippen LogP contribution is -1.88. The average Bonchev–Trinajstić information content (AvgIpc) is 2.38. The summed E-state index contributed by atoms with van der Waals surface area (Å²) in [6, 6.07) is 1.39. The fourth-order valence-electron chi connectivity index (χ4n) is 1.46. The lowest BCUT2D eigenvalue weighted by molar-refractivity contribution is 0.475. The molecule has 2 aromatic rings. The molecule has 0 saturated heterocycles. The van der Waals surface area contributed by atoms with Gasteiger partial charge in [0, 0.05) is 11.1 Å². The summed E-state index contributed by atoms with van der Waals surface area (Å²) < 4.78 is 0. The first kappa shape index (κ1) is 15.3. The molecule has 0 radical (unpaired) electrons. The van der Waals surface area contributed by atoms with Crippen LogP contribution in [0.15, 0.2) is 12.3 Å². The van der Waals surface area contributed by atoms with E-state index in [-0.39, 0.29) is 47.1 Å². The van der Waals surface area contributed by atoms with Crippen LogP contribution in [-0.2, 0) is 0 Å². The third kappa shape index (κ3) is 2.71. The number of benzene rings is 1. The molecule has 0 aliphatic rings. The van der Waals surface area contributed by atoms with E-state index in [1.165, 1.54) is 12.3 Å². The minimum atomic E-state index is -0.164. The van der Waals surface area contributed by atoms with Gasteiger partial charge in [0.05, 0.1) is 31.3 Å². The van der Waals surface area contributed by atoms with Crippen LogP contribution in [-0.4, -0.2) is 10.1 Å². The molecule has 19 heavy (non-hydrogen) atoms. The van der Waals surface area contributed by atoms with E-state index >= 15 is 0 Å². The van der Waals surface area contributed by atoms with Gasteiger partial charge in [-0.2, -0.15) is 0 Å². The Morgan fingerprint density at radius 3 is 1.79 bits per heavy atom. The first-order valence-corrected chi connectivity index (χ1v) is 6.97. The Bertz CT molecular complexity index is 644. The minimum Gasteiger partial charge on any atom is -0.506 e. The molecule has 0 bridgehead atoms. The Balaban J connectivity index is 2.87. The first-order valence-electron chi connectivity index (χ1n) is 4.71. The van der Waals surface area contributed by atoms with Gasteiger partial charge < -0.3 is 5.11 Å². The number of pyridine rings is 1. The van der Waals surface area contributed by atoms with Gasteiger partial charge in [-0.3, -0.25) is 0 Å². The van der Waals surface area contributed by atoms with Crippen molar-refractivity contribution in [2.75, 3.05) is 0 Å². The SMILES string of the molecule is Oc1cnc(Cl)cc1-c1c(Cl)c(Cl)c(Cl)c(Cl)c1Cl. The van der Waals surface area contributed by atoms with Crippen molar-refractivity contribution >= 4 is 69.6 Å². The van der Waals surface area contributed by atoms with Crippen molar-refractivity contribution in [3.05, 3.63) is 42.5 Å². The number of nitrogens with zero attached hydrogens (tertiary/aromatic N) is 1. The van der Waals surface area contributed by atoms with E-state index in [1.807, 2.05) is 0 Å². The van der Waals surface area contributed by atoms with E-state index in [1.54, 1.807) is 0 Å². The fourth-order valence-corrected chi connectivity index (χ4v) is 2.96. The van der Waals surface area contributed by atoms with Crippen molar-refractivity contribution in [2.24, 2.45) is 0 Å². The van der Waals surface area contributed by atoms with Crippen LogP contribution in [0.4, 0.5) is 0 Å². The van der Waals surface area contributed by atoms with Gasteiger partial charge in [0.25, 0.3) is 0 Å². The van der Waals surface area contributed by atoms with Crippen LogP contribution >= 0.6 is 69.6 Å². The predicted octanol–water partition coefficient (Wildman–Crippen LogP) is 6.37. The molecule has 0 saturated carbocycles. The zero-order valence-corrected chi connectivity index (χ0v) is 13.4. The van der Waals surface area contributed by atoms with Gasteiger partial charge in [0.1, 0.15) is 10.9 Å². The van der Waals surface area contributed by atoms with Crippen LogP contribution in [0, 0.1) is 0 Å². The maximum atomic E-state index is 9.83. The number of hydrogen-bond donors (Lipinski definition) is 1. The molecule has 0 unspecified atom stereocenters. The summed E-state index contributed by atoms with van der Waals surface area (Å²) in [6.07, 6.45) is 1.17. The Morgan fingerprint density at radius 2 is 1.26 bits per heavy atom. The summed E-state index contributed by atoms with van der Waals surface area (Å²) in [5.74, 6) is -0.164. The molecule has 0 fully saturated rings. The van der Waals surface area contributed by atoms with Crippen molar-refractivity contribution < 1.29 is 5.11 Å². The Kier molecular flexibility index (Phi) is 4.61. The highest BCUT2D eigenvalue weighted by atomic mass is 35.5. The van der Waals surface area contributed by atoms with Crippen molar-refractivity contribution in [3.63, 3.8) is 0 Å². The largest absolute Gasteiger partial charge is 0.506 e. The second-order valence-corrected chi connectivity index (χ2v) is 5.75. The lowest BCUT2D eigenvalue weighted by Gasteiger charge is -2.13. The standard InChI is InChI=1S/C11H3Cl6NO/c12-5-1-3(4(19)2-18-5)6-7(13)9(15)11(17)10(16)8(6)14/h1-2,19H. The fraction of sp³-hybridized carbons (Fsp3) is 0. The highest BCUT2D eigenvalue weighted by molar-refractivity contribution is 6.56. The van der Waals surface area contributed by atoms with E-state index in [2.05, 4.69) is 4.98 Å². The molecule has 100 valence electrons. The van der Waals surface area contributed by atoms with Gasteiger partial charge in [-0.05, 0) is 6.07 Å². The second-order valence-electron chi connectivity index (χ2n) is 3.47. The van der Waals surface area contributed by atoms with Crippen LogP contribution in [0.5, 0.6) is 5.75 Å². The van der Waals surface area contributed by atoms with Crippen molar-refractivity contribution in [1.82, 2.24) is 4.98 Å². The van der Waals surface area contributed by atoms with Crippen molar-refractivity contribution in [1.29, 1.82) is 0 Å². The van der Waals surface area contributed by atoms with Gasteiger partial charge >= 0.3 is 0 Å². The van der Waals surface area contributed by atoms with Gasteiger partial charge in [-0.25, -0.2) is 4.98 Å². The molecule has 1 heterocycles. The summed E-state index contributed by atoms with van der Waals surface area (Å²) in [5, 5.41) is 10.2. The molecule has 1 N–H and O–H groups in total. The normalized spacial score (nSPS) is 10.8. The van der Waals surface area contributed by atoms with Crippen molar-refractivity contribution in [2.45, 2.75) is 0 Å². The highest BCUT2D eigenvalue weighted by Crippen LogP contribution is 2.49. The summed E-state index contributed by atoms with van der Waals surface area (Å²) in [5.41, 5.74) is 0.500. The molecule has 0 spiro atoms. The van der Waals surface area contributed by atoms with E-state index in [4.69, 9.17) is 69.6 Å². The van der Waals surface area contributed by atoms with Crippen LogP contribution < -0.4 is 0 Å².